The van der Waals surface area contributed by atoms with Gasteiger partial charge in [-0.15, -0.1) is 0 Å². The fourth-order valence-electron chi connectivity index (χ4n) is 2.53. The number of nitrogens with one attached hydrogen (secondary N) is 1. The number of carbonyl (C=O) groups is 2. The van der Waals surface area contributed by atoms with Crippen molar-refractivity contribution in [1.29, 1.82) is 0 Å². The Kier molecular flexibility index (Phi) is 5.04. The number of carbonyl (C=O) groups excluding carboxylic acids is 1. The molecule has 132 valence electrons. The van der Waals surface area contributed by atoms with Crippen LogP contribution in [0.25, 0.3) is 0 Å². The lowest BCUT2D eigenvalue weighted by atomic mass is 10.1. The third kappa shape index (κ3) is 4.19. The van der Waals surface area contributed by atoms with Crippen molar-refractivity contribution in [3.8, 4) is 5.75 Å². The van der Waals surface area contributed by atoms with Gasteiger partial charge in [0.05, 0.1) is 18.8 Å². The second-order valence-electron chi connectivity index (χ2n) is 5.90. The molecule has 0 unspecified atom stereocenters. The Hall–Kier alpha value is -2.80. The van der Waals surface area contributed by atoms with E-state index < -0.39 is 11.9 Å². The second-order valence-corrected chi connectivity index (χ2v) is 5.90. The topological polar surface area (TPSA) is 98.0 Å². The lowest BCUT2D eigenvalue weighted by Gasteiger charge is -2.16. The molecule has 1 aliphatic heterocycles. The third-order valence-electron chi connectivity index (χ3n) is 3.91. The normalized spacial score (nSPS) is 16.6. The third-order valence-corrected chi connectivity index (χ3v) is 3.91. The Bertz CT molecular complexity index is 776. The average Bonchev–Trinajstić information content (AvgIpc) is 3.25. The molecule has 7 heteroatoms. The molecule has 1 aromatic heterocycles. The van der Waals surface area contributed by atoms with Gasteiger partial charge in [-0.1, -0.05) is 12.1 Å². The van der Waals surface area contributed by atoms with Crippen LogP contribution in [0.4, 0.5) is 0 Å². The van der Waals surface area contributed by atoms with E-state index >= 15 is 0 Å². The summed E-state index contributed by atoms with van der Waals surface area (Å²) in [5.74, 6) is -0.961. The number of aryl methyl sites for hydroxylation is 1. The maximum absolute atomic E-state index is 12.1. The molecule has 0 spiro atoms. The summed E-state index contributed by atoms with van der Waals surface area (Å²) >= 11 is 0. The first-order valence-corrected chi connectivity index (χ1v) is 7.97. The minimum Gasteiger partial charge on any atom is -0.488 e. The average molecular weight is 345 g/mol. The molecule has 2 heterocycles. The molecule has 1 fully saturated rings. The summed E-state index contributed by atoms with van der Waals surface area (Å²) in [7, 11) is 0. The number of aromatic carboxylic acids is 1. The molecular weight excluding hydrogens is 326 g/mol. The van der Waals surface area contributed by atoms with Crippen molar-refractivity contribution in [1.82, 2.24) is 5.32 Å². The van der Waals surface area contributed by atoms with E-state index in [2.05, 4.69) is 5.32 Å². The van der Waals surface area contributed by atoms with E-state index in [0.29, 0.717) is 19.0 Å². The maximum Gasteiger partial charge on any atom is 0.338 e. The molecule has 7 nitrogen and oxygen atoms in total. The van der Waals surface area contributed by atoms with E-state index in [4.69, 9.17) is 19.0 Å². The highest BCUT2D eigenvalue weighted by Gasteiger charge is 2.19. The Labute approximate surface area is 144 Å². The highest BCUT2D eigenvalue weighted by molar-refractivity contribution is 5.95. The van der Waals surface area contributed by atoms with Crippen molar-refractivity contribution < 1.29 is 28.6 Å². The molecular formula is C18H19NO6. The zero-order chi connectivity index (χ0) is 17.8. The number of amides is 1. The van der Waals surface area contributed by atoms with Gasteiger partial charge in [0.1, 0.15) is 18.1 Å². The lowest BCUT2D eigenvalue weighted by Crippen LogP contribution is -2.23. The fourth-order valence-corrected chi connectivity index (χ4v) is 2.53. The molecule has 2 aromatic rings. The number of hydrogen-bond donors (Lipinski definition) is 2. The monoisotopic (exact) mass is 345 g/mol. The van der Waals surface area contributed by atoms with Gasteiger partial charge < -0.3 is 24.3 Å². The fraction of sp³-hybridized carbons (Fsp3) is 0.333. The van der Waals surface area contributed by atoms with Crippen molar-refractivity contribution in [3.63, 3.8) is 0 Å². The summed E-state index contributed by atoms with van der Waals surface area (Å²) in [4.78, 5) is 23.0. The second kappa shape index (κ2) is 7.40. The SMILES string of the molecule is Cc1ccc(CNC(=O)c2cc(C(=O)O)co2)c(O[C@H]2CCOC2)c1. The zero-order valence-electron chi connectivity index (χ0n) is 13.8. The Balaban J connectivity index is 1.67. The largest absolute Gasteiger partial charge is 0.488 e. The first-order chi connectivity index (χ1) is 12.0. The van der Waals surface area contributed by atoms with Crippen LogP contribution in [0.2, 0.25) is 0 Å². The van der Waals surface area contributed by atoms with Crippen LogP contribution >= 0.6 is 0 Å². The number of hydrogen-bond acceptors (Lipinski definition) is 5. The summed E-state index contributed by atoms with van der Waals surface area (Å²) in [5, 5.41) is 11.6. The summed E-state index contributed by atoms with van der Waals surface area (Å²) in [6, 6.07) is 6.95. The smallest absolute Gasteiger partial charge is 0.338 e. The van der Waals surface area contributed by atoms with Gasteiger partial charge in [0, 0.05) is 24.6 Å². The van der Waals surface area contributed by atoms with E-state index in [1.54, 1.807) is 0 Å². The summed E-state index contributed by atoms with van der Waals surface area (Å²) in [5.41, 5.74) is 1.82. The van der Waals surface area contributed by atoms with Crippen LogP contribution in [0.3, 0.4) is 0 Å². The van der Waals surface area contributed by atoms with Crippen LogP contribution in [0, 0.1) is 6.92 Å². The van der Waals surface area contributed by atoms with Crippen LogP contribution in [-0.4, -0.2) is 36.3 Å². The van der Waals surface area contributed by atoms with Gasteiger partial charge in [0.2, 0.25) is 0 Å². The molecule has 1 amide bonds. The van der Waals surface area contributed by atoms with E-state index in [1.807, 2.05) is 25.1 Å². The molecule has 1 aliphatic rings. The van der Waals surface area contributed by atoms with Gasteiger partial charge in [-0.25, -0.2) is 4.79 Å². The van der Waals surface area contributed by atoms with Crippen LogP contribution in [0.5, 0.6) is 5.75 Å². The molecule has 25 heavy (non-hydrogen) atoms. The van der Waals surface area contributed by atoms with Gasteiger partial charge in [-0.3, -0.25) is 4.79 Å². The molecule has 0 bridgehead atoms. The minimum atomic E-state index is -1.14. The van der Waals surface area contributed by atoms with Crippen LogP contribution in [0.15, 0.2) is 34.9 Å². The predicted molar refractivity (Wildman–Crippen MR) is 87.9 cm³/mol. The molecule has 1 aromatic carbocycles. The van der Waals surface area contributed by atoms with Crippen molar-refractivity contribution in [2.75, 3.05) is 13.2 Å². The van der Waals surface area contributed by atoms with Gasteiger partial charge in [0.25, 0.3) is 5.91 Å². The molecule has 1 saturated heterocycles. The zero-order valence-corrected chi connectivity index (χ0v) is 13.8. The summed E-state index contributed by atoms with van der Waals surface area (Å²) in [6.45, 7) is 3.46. The van der Waals surface area contributed by atoms with Crippen molar-refractivity contribution >= 4 is 11.9 Å². The standard InChI is InChI=1S/C18H19NO6/c1-11-2-3-12(15(6-11)25-14-4-5-23-10-14)8-19-17(20)16-7-13(9-24-16)18(21)22/h2-3,6-7,9,14H,4-5,8,10H2,1H3,(H,19,20)(H,21,22)/t14-/m0/s1. The Morgan fingerprint density at radius 3 is 2.88 bits per heavy atom. The Morgan fingerprint density at radius 2 is 2.20 bits per heavy atom. The number of carboxylic acid groups (broad SMARTS) is 1. The molecule has 1 atom stereocenters. The maximum atomic E-state index is 12.1. The van der Waals surface area contributed by atoms with E-state index in [-0.39, 0.29) is 24.0 Å². The van der Waals surface area contributed by atoms with E-state index in [0.717, 1.165) is 23.8 Å². The first-order valence-electron chi connectivity index (χ1n) is 7.97. The van der Waals surface area contributed by atoms with Gasteiger partial charge in [0.15, 0.2) is 5.76 Å². The van der Waals surface area contributed by atoms with Gasteiger partial charge >= 0.3 is 5.97 Å². The molecule has 0 aliphatic carbocycles. The van der Waals surface area contributed by atoms with Crippen molar-refractivity contribution in [2.24, 2.45) is 0 Å². The molecule has 3 rings (SSSR count). The van der Waals surface area contributed by atoms with E-state index in [9.17, 15) is 9.59 Å². The van der Waals surface area contributed by atoms with Crippen molar-refractivity contribution in [3.05, 3.63) is 53.0 Å². The predicted octanol–water partition coefficient (Wildman–Crippen LogP) is 2.38. The van der Waals surface area contributed by atoms with E-state index in [1.165, 1.54) is 6.07 Å². The molecule has 2 N–H and O–H groups in total. The number of carboxylic acids is 1. The lowest BCUT2D eigenvalue weighted by molar-refractivity contribution is 0.0695. The number of benzene rings is 1. The molecule has 0 radical (unpaired) electrons. The summed E-state index contributed by atoms with van der Waals surface area (Å²) in [6.07, 6.45) is 1.89. The summed E-state index contributed by atoms with van der Waals surface area (Å²) < 4.78 is 16.3. The first kappa shape index (κ1) is 17.0. The van der Waals surface area contributed by atoms with Crippen LogP contribution in [-0.2, 0) is 11.3 Å². The van der Waals surface area contributed by atoms with Gasteiger partial charge in [-0.2, -0.15) is 0 Å². The van der Waals surface area contributed by atoms with Crippen LogP contribution in [0.1, 0.15) is 38.5 Å². The number of furan rings is 1. The quantitative estimate of drug-likeness (QED) is 0.834. The Morgan fingerprint density at radius 1 is 1.36 bits per heavy atom. The highest BCUT2D eigenvalue weighted by Crippen LogP contribution is 2.24. The van der Waals surface area contributed by atoms with Crippen molar-refractivity contribution in [2.45, 2.75) is 26.0 Å². The highest BCUT2D eigenvalue weighted by atomic mass is 16.5. The van der Waals surface area contributed by atoms with Crippen LogP contribution < -0.4 is 10.1 Å². The van der Waals surface area contributed by atoms with Gasteiger partial charge in [-0.05, 0) is 18.6 Å². The minimum absolute atomic E-state index is 0.0134. The molecule has 0 saturated carbocycles. The number of ether oxygens (including phenoxy) is 2. The number of rotatable bonds is 6.